The number of urea groups is 1. The number of carbonyl (C=O) groups is 1. The van der Waals surface area contributed by atoms with Crippen molar-refractivity contribution in [2.75, 3.05) is 12.1 Å². The molecule has 0 radical (unpaired) electrons. The van der Waals surface area contributed by atoms with Gasteiger partial charge in [0.15, 0.2) is 16.5 Å². The molecule has 152 valence electrons. The minimum absolute atomic E-state index is 0.188. The van der Waals surface area contributed by atoms with Crippen LogP contribution in [0.15, 0.2) is 48.7 Å². The van der Waals surface area contributed by atoms with Crippen molar-refractivity contribution in [2.24, 2.45) is 0 Å². The van der Waals surface area contributed by atoms with Crippen molar-refractivity contribution in [1.82, 2.24) is 14.7 Å². The summed E-state index contributed by atoms with van der Waals surface area (Å²) in [7, 11) is 0. The minimum Gasteiger partial charge on any atom is -0.454 e. The first-order valence-corrected chi connectivity index (χ1v) is 10.1. The SMILES string of the molecule is Cc1c(CNC(=O)Nc2ccc3c(c2)OCO3)sc2nc(-c3ccc(F)cc3)cn12. The van der Waals surface area contributed by atoms with Gasteiger partial charge in [0.2, 0.25) is 6.79 Å². The Bertz CT molecular complexity index is 1250. The fourth-order valence-corrected chi connectivity index (χ4v) is 4.27. The fraction of sp³-hybridized carbons (Fsp3) is 0.143. The molecule has 9 heteroatoms. The van der Waals surface area contributed by atoms with E-state index in [1.807, 2.05) is 17.5 Å². The van der Waals surface area contributed by atoms with E-state index in [9.17, 15) is 9.18 Å². The lowest BCUT2D eigenvalue weighted by Gasteiger charge is -2.08. The van der Waals surface area contributed by atoms with Crippen LogP contribution in [-0.2, 0) is 6.54 Å². The number of nitrogens with zero attached hydrogens (tertiary/aromatic N) is 2. The molecule has 0 aliphatic carbocycles. The predicted molar refractivity (Wildman–Crippen MR) is 112 cm³/mol. The highest BCUT2D eigenvalue weighted by Gasteiger charge is 2.16. The Kier molecular flexibility index (Phi) is 4.51. The Morgan fingerprint density at radius 2 is 2.00 bits per heavy atom. The topological polar surface area (TPSA) is 76.9 Å². The Balaban J connectivity index is 1.26. The van der Waals surface area contributed by atoms with Crippen molar-refractivity contribution in [3.63, 3.8) is 0 Å². The van der Waals surface area contributed by atoms with Crippen LogP contribution in [0.1, 0.15) is 10.6 Å². The van der Waals surface area contributed by atoms with Gasteiger partial charge in [0.25, 0.3) is 0 Å². The summed E-state index contributed by atoms with van der Waals surface area (Å²) in [6, 6.07) is 11.2. The second-order valence-electron chi connectivity index (χ2n) is 6.77. The van der Waals surface area contributed by atoms with Gasteiger partial charge in [-0.3, -0.25) is 4.40 Å². The lowest BCUT2D eigenvalue weighted by molar-refractivity contribution is 0.174. The molecule has 0 saturated carbocycles. The molecule has 7 nitrogen and oxygen atoms in total. The molecule has 5 rings (SSSR count). The summed E-state index contributed by atoms with van der Waals surface area (Å²) in [5, 5.41) is 5.65. The highest BCUT2D eigenvalue weighted by atomic mass is 32.1. The Morgan fingerprint density at radius 3 is 2.80 bits per heavy atom. The summed E-state index contributed by atoms with van der Waals surface area (Å²) < 4.78 is 25.7. The third kappa shape index (κ3) is 3.43. The maximum Gasteiger partial charge on any atom is 0.319 e. The summed E-state index contributed by atoms with van der Waals surface area (Å²) >= 11 is 1.51. The van der Waals surface area contributed by atoms with Crippen LogP contribution in [0.5, 0.6) is 11.5 Å². The Morgan fingerprint density at radius 1 is 1.20 bits per heavy atom. The molecule has 1 aliphatic rings. The van der Waals surface area contributed by atoms with Crippen molar-refractivity contribution < 1.29 is 18.7 Å². The Labute approximate surface area is 175 Å². The van der Waals surface area contributed by atoms with Gasteiger partial charge < -0.3 is 20.1 Å². The smallest absolute Gasteiger partial charge is 0.319 e. The van der Waals surface area contributed by atoms with Gasteiger partial charge >= 0.3 is 6.03 Å². The first kappa shape index (κ1) is 18.4. The number of nitrogens with one attached hydrogen (secondary N) is 2. The number of ether oxygens (including phenoxy) is 2. The zero-order valence-corrected chi connectivity index (χ0v) is 16.8. The fourth-order valence-electron chi connectivity index (χ4n) is 3.23. The van der Waals surface area contributed by atoms with Gasteiger partial charge in [0.1, 0.15) is 5.82 Å². The third-order valence-corrected chi connectivity index (χ3v) is 5.99. The molecule has 0 spiro atoms. The van der Waals surface area contributed by atoms with Crippen LogP contribution < -0.4 is 20.1 Å². The number of fused-ring (bicyclic) bond motifs is 2. The van der Waals surface area contributed by atoms with Crippen molar-refractivity contribution in [2.45, 2.75) is 13.5 Å². The average Bonchev–Trinajstić information content (AvgIpc) is 3.43. The van der Waals surface area contributed by atoms with E-state index in [-0.39, 0.29) is 18.6 Å². The number of amides is 2. The first-order valence-electron chi connectivity index (χ1n) is 9.24. The normalized spacial score (nSPS) is 12.3. The second kappa shape index (κ2) is 7.34. The van der Waals surface area contributed by atoms with Gasteiger partial charge in [-0.25, -0.2) is 14.2 Å². The molecule has 0 atom stereocenters. The van der Waals surface area contributed by atoms with E-state index in [4.69, 9.17) is 9.47 Å². The zero-order valence-electron chi connectivity index (χ0n) is 15.9. The molecular formula is C21H17FN4O3S. The number of halogens is 1. The minimum atomic E-state index is -0.314. The zero-order chi connectivity index (χ0) is 20.7. The summed E-state index contributed by atoms with van der Waals surface area (Å²) in [4.78, 5) is 18.7. The van der Waals surface area contributed by atoms with Gasteiger partial charge in [-0.15, -0.1) is 0 Å². The van der Waals surface area contributed by atoms with Crippen LogP contribution >= 0.6 is 11.3 Å². The second-order valence-corrected chi connectivity index (χ2v) is 7.83. The van der Waals surface area contributed by atoms with Crippen LogP contribution in [0.4, 0.5) is 14.9 Å². The standard InChI is InChI=1S/C21H17FN4O3S/c1-12-19(9-23-20(27)24-15-6-7-17-18(8-15)29-11-28-17)30-21-25-16(10-26(12)21)13-2-4-14(22)5-3-13/h2-8,10H,9,11H2,1H3,(H2,23,24,27). The van der Waals surface area contributed by atoms with Crippen LogP contribution in [0, 0.1) is 12.7 Å². The molecule has 4 aromatic rings. The van der Waals surface area contributed by atoms with Crippen molar-refractivity contribution >= 4 is 28.0 Å². The molecule has 0 fully saturated rings. The van der Waals surface area contributed by atoms with Crippen LogP contribution in [-0.4, -0.2) is 22.2 Å². The largest absolute Gasteiger partial charge is 0.454 e. The first-order chi connectivity index (χ1) is 14.6. The highest BCUT2D eigenvalue weighted by Crippen LogP contribution is 2.34. The van der Waals surface area contributed by atoms with E-state index in [2.05, 4.69) is 15.6 Å². The van der Waals surface area contributed by atoms with Gasteiger partial charge in [-0.1, -0.05) is 11.3 Å². The van der Waals surface area contributed by atoms with E-state index in [0.29, 0.717) is 23.7 Å². The lowest BCUT2D eigenvalue weighted by atomic mass is 10.2. The number of benzene rings is 2. The molecule has 1 aliphatic heterocycles. The van der Waals surface area contributed by atoms with Gasteiger partial charge in [0.05, 0.1) is 12.2 Å². The highest BCUT2D eigenvalue weighted by molar-refractivity contribution is 7.17. The number of aromatic nitrogens is 2. The molecule has 3 heterocycles. The number of carbonyl (C=O) groups excluding carboxylic acids is 1. The molecule has 30 heavy (non-hydrogen) atoms. The number of rotatable bonds is 4. The molecule has 0 bridgehead atoms. The molecule has 2 aromatic carbocycles. The van der Waals surface area contributed by atoms with Gasteiger partial charge in [0, 0.05) is 34.1 Å². The third-order valence-electron chi connectivity index (χ3n) is 4.83. The van der Waals surface area contributed by atoms with Crippen LogP contribution in [0.2, 0.25) is 0 Å². The van der Waals surface area contributed by atoms with Crippen molar-refractivity contribution in [1.29, 1.82) is 0 Å². The van der Waals surface area contributed by atoms with E-state index >= 15 is 0 Å². The maximum atomic E-state index is 13.1. The number of imidazole rings is 1. The molecule has 0 saturated heterocycles. The molecule has 2 N–H and O–H groups in total. The van der Waals surface area contributed by atoms with Crippen LogP contribution in [0.25, 0.3) is 16.2 Å². The predicted octanol–water partition coefficient (Wildman–Crippen LogP) is 4.56. The monoisotopic (exact) mass is 424 g/mol. The van der Waals surface area contributed by atoms with E-state index in [0.717, 1.165) is 26.8 Å². The number of anilines is 1. The summed E-state index contributed by atoms with van der Waals surface area (Å²) in [5.74, 6) is 1.00. The quantitative estimate of drug-likeness (QED) is 0.504. The summed E-state index contributed by atoms with van der Waals surface area (Å²) in [6.07, 6.45) is 1.92. The van der Waals surface area contributed by atoms with E-state index in [1.54, 1.807) is 30.3 Å². The van der Waals surface area contributed by atoms with Crippen molar-refractivity contribution in [3.8, 4) is 22.8 Å². The molecule has 0 unspecified atom stereocenters. The van der Waals surface area contributed by atoms with Crippen molar-refractivity contribution in [3.05, 3.63) is 65.0 Å². The number of hydrogen-bond donors (Lipinski definition) is 2. The number of aryl methyl sites for hydroxylation is 1. The maximum absolute atomic E-state index is 13.1. The van der Waals surface area contributed by atoms with E-state index < -0.39 is 0 Å². The Hall–Kier alpha value is -3.59. The molecule has 2 amide bonds. The van der Waals surface area contributed by atoms with Gasteiger partial charge in [-0.2, -0.15) is 0 Å². The average molecular weight is 424 g/mol. The van der Waals surface area contributed by atoms with Gasteiger partial charge in [-0.05, 0) is 43.3 Å². The number of hydrogen-bond acceptors (Lipinski definition) is 5. The molecule has 2 aromatic heterocycles. The van der Waals surface area contributed by atoms with E-state index in [1.165, 1.54) is 23.5 Å². The van der Waals surface area contributed by atoms with Crippen LogP contribution in [0.3, 0.4) is 0 Å². The molecular weight excluding hydrogens is 407 g/mol. The summed E-state index contributed by atoms with van der Waals surface area (Å²) in [6.45, 7) is 2.54. The number of thiazole rings is 1. The summed E-state index contributed by atoms with van der Waals surface area (Å²) in [5.41, 5.74) is 3.26. The lowest BCUT2D eigenvalue weighted by Crippen LogP contribution is -2.28.